The number of amides is 1. The topological polar surface area (TPSA) is 67.2 Å². The number of nitrogens with two attached hydrogens (primary N) is 1. The van der Waals surface area contributed by atoms with Gasteiger partial charge in [0.05, 0.1) is 0 Å². The van der Waals surface area contributed by atoms with Crippen LogP contribution in [-0.4, -0.2) is 26.0 Å². The Kier molecular flexibility index (Phi) is 4.72. The van der Waals surface area contributed by atoms with E-state index in [1.54, 1.807) is 0 Å². The molecule has 0 saturated heterocycles. The van der Waals surface area contributed by atoms with Crippen LogP contribution in [0.1, 0.15) is 11.1 Å². The lowest BCUT2D eigenvalue weighted by Gasteiger charge is -2.15. The Morgan fingerprint density at radius 2 is 2.12 bits per heavy atom. The second-order valence-electron chi connectivity index (χ2n) is 3.87. The zero-order chi connectivity index (χ0) is 12.8. The van der Waals surface area contributed by atoms with Gasteiger partial charge in [0.1, 0.15) is 0 Å². The standard InChI is InChI=1S/C13H19N3O/c1-9-5-4-6-11(10(2)13(14)17)12(9)16-8-7-15-3/h4-6,15-16H,2,7-8H2,1,3H3,(H2,14,17). The molecule has 0 aliphatic rings. The van der Waals surface area contributed by atoms with Gasteiger partial charge in [0.25, 0.3) is 0 Å². The molecule has 1 aromatic carbocycles. The zero-order valence-electron chi connectivity index (χ0n) is 10.3. The molecule has 0 aromatic heterocycles. The van der Waals surface area contributed by atoms with Gasteiger partial charge in [-0.15, -0.1) is 0 Å². The Bertz CT molecular complexity index is 427. The maximum absolute atomic E-state index is 11.2. The molecule has 0 aliphatic carbocycles. The van der Waals surface area contributed by atoms with E-state index in [0.29, 0.717) is 5.57 Å². The maximum atomic E-state index is 11.2. The molecule has 1 aromatic rings. The second kappa shape index (κ2) is 6.06. The lowest BCUT2D eigenvalue weighted by atomic mass is 10.0. The highest BCUT2D eigenvalue weighted by Crippen LogP contribution is 2.25. The van der Waals surface area contributed by atoms with E-state index < -0.39 is 5.91 Å². The van der Waals surface area contributed by atoms with Crippen LogP contribution < -0.4 is 16.4 Å². The molecule has 4 N–H and O–H groups in total. The molecule has 0 bridgehead atoms. The van der Waals surface area contributed by atoms with Crippen molar-refractivity contribution in [2.75, 3.05) is 25.5 Å². The highest BCUT2D eigenvalue weighted by atomic mass is 16.1. The van der Waals surface area contributed by atoms with Crippen LogP contribution in [-0.2, 0) is 4.79 Å². The first-order valence-corrected chi connectivity index (χ1v) is 5.55. The highest BCUT2D eigenvalue weighted by Gasteiger charge is 2.11. The number of primary amides is 1. The van der Waals surface area contributed by atoms with Gasteiger partial charge in [0.15, 0.2) is 0 Å². The summed E-state index contributed by atoms with van der Waals surface area (Å²) in [4.78, 5) is 11.2. The molecule has 0 heterocycles. The molecule has 1 amide bonds. The van der Waals surface area contributed by atoms with E-state index in [-0.39, 0.29) is 0 Å². The number of para-hydroxylation sites is 1. The molecule has 0 fully saturated rings. The fourth-order valence-electron chi connectivity index (χ4n) is 1.60. The number of likely N-dealkylation sites (N-methyl/N-ethyl adjacent to an activating group) is 1. The van der Waals surface area contributed by atoms with Crippen molar-refractivity contribution in [1.29, 1.82) is 0 Å². The second-order valence-corrected chi connectivity index (χ2v) is 3.87. The molecule has 0 aliphatic heterocycles. The minimum Gasteiger partial charge on any atom is -0.383 e. The molecule has 4 nitrogen and oxygen atoms in total. The van der Waals surface area contributed by atoms with Gasteiger partial charge in [0.2, 0.25) is 5.91 Å². The van der Waals surface area contributed by atoms with E-state index in [4.69, 9.17) is 5.73 Å². The Balaban J connectivity index is 3.00. The number of anilines is 1. The van der Waals surface area contributed by atoms with Gasteiger partial charge >= 0.3 is 0 Å². The van der Waals surface area contributed by atoms with E-state index in [9.17, 15) is 4.79 Å². The average molecular weight is 233 g/mol. The molecule has 1 rings (SSSR count). The molecule has 0 unspecified atom stereocenters. The third kappa shape index (κ3) is 3.32. The van der Waals surface area contributed by atoms with Gasteiger partial charge < -0.3 is 16.4 Å². The van der Waals surface area contributed by atoms with Gasteiger partial charge in [-0.05, 0) is 19.5 Å². The number of hydrogen-bond donors (Lipinski definition) is 3. The van der Waals surface area contributed by atoms with Crippen LogP contribution in [0.4, 0.5) is 5.69 Å². The van der Waals surface area contributed by atoms with Crippen LogP contribution in [0, 0.1) is 6.92 Å². The summed E-state index contributed by atoms with van der Waals surface area (Å²) in [5.41, 5.74) is 8.36. The Morgan fingerprint density at radius 3 is 2.71 bits per heavy atom. The SMILES string of the molecule is C=C(C(N)=O)c1cccc(C)c1NCCNC. The fraction of sp³-hybridized carbons (Fsp3) is 0.308. The van der Waals surface area contributed by atoms with Crippen molar-refractivity contribution in [2.24, 2.45) is 5.73 Å². The summed E-state index contributed by atoms with van der Waals surface area (Å²) in [7, 11) is 1.89. The summed E-state index contributed by atoms with van der Waals surface area (Å²) >= 11 is 0. The Hall–Kier alpha value is -1.81. The normalized spacial score (nSPS) is 10.0. The Labute approximate surface area is 102 Å². The maximum Gasteiger partial charge on any atom is 0.248 e. The smallest absolute Gasteiger partial charge is 0.248 e. The van der Waals surface area contributed by atoms with Crippen molar-refractivity contribution < 1.29 is 4.79 Å². The average Bonchev–Trinajstić information content (AvgIpc) is 2.30. The third-order valence-electron chi connectivity index (χ3n) is 2.57. The van der Waals surface area contributed by atoms with Crippen molar-refractivity contribution in [3.05, 3.63) is 35.9 Å². The van der Waals surface area contributed by atoms with E-state index in [1.165, 1.54) is 0 Å². The van der Waals surface area contributed by atoms with Crippen LogP contribution in [0.2, 0.25) is 0 Å². The number of benzene rings is 1. The molecular weight excluding hydrogens is 214 g/mol. The molecule has 17 heavy (non-hydrogen) atoms. The third-order valence-corrected chi connectivity index (χ3v) is 2.57. The summed E-state index contributed by atoms with van der Waals surface area (Å²) < 4.78 is 0. The predicted molar refractivity (Wildman–Crippen MR) is 71.8 cm³/mol. The van der Waals surface area contributed by atoms with Crippen LogP contribution in [0.15, 0.2) is 24.8 Å². The van der Waals surface area contributed by atoms with Gasteiger partial charge in [-0.1, -0.05) is 24.8 Å². The van der Waals surface area contributed by atoms with E-state index >= 15 is 0 Å². The fourth-order valence-corrected chi connectivity index (χ4v) is 1.60. The number of rotatable bonds is 6. The number of carbonyl (C=O) groups is 1. The molecule has 4 heteroatoms. The van der Waals surface area contributed by atoms with Gasteiger partial charge in [0, 0.05) is 29.9 Å². The van der Waals surface area contributed by atoms with Crippen molar-refractivity contribution in [3.8, 4) is 0 Å². The van der Waals surface area contributed by atoms with Crippen molar-refractivity contribution >= 4 is 17.2 Å². The minimum absolute atomic E-state index is 0.334. The quantitative estimate of drug-likeness (QED) is 0.509. The number of aryl methyl sites for hydroxylation is 1. The Morgan fingerprint density at radius 1 is 1.41 bits per heavy atom. The highest BCUT2D eigenvalue weighted by molar-refractivity contribution is 6.19. The first-order chi connectivity index (χ1) is 8.07. The van der Waals surface area contributed by atoms with Crippen molar-refractivity contribution in [2.45, 2.75) is 6.92 Å². The number of hydrogen-bond acceptors (Lipinski definition) is 3. The molecule has 0 atom stereocenters. The van der Waals surface area contributed by atoms with E-state index in [1.807, 2.05) is 32.2 Å². The predicted octanol–water partition coefficient (Wildman–Crippen LogP) is 1.12. The molecule has 92 valence electrons. The van der Waals surface area contributed by atoms with E-state index in [2.05, 4.69) is 17.2 Å². The summed E-state index contributed by atoms with van der Waals surface area (Å²) in [5, 5.41) is 6.34. The largest absolute Gasteiger partial charge is 0.383 e. The van der Waals surface area contributed by atoms with E-state index in [0.717, 1.165) is 29.9 Å². The van der Waals surface area contributed by atoms with Gasteiger partial charge in [-0.3, -0.25) is 4.79 Å². The van der Waals surface area contributed by atoms with Crippen molar-refractivity contribution in [1.82, 2.24) is 5.32 Å². The molecule has 0 saturated carbocycles. The molecular formula is C13H19N3O. The minimum atomic E-state index is -0.493. The van der Waals surface area contributed by atoms with Gasteiger partial charge in [-0.25, -0.2) is 0 Å². The van der Waals surface area contributed by atoms with Crippen molar-refractivity contribution in [3.63, 3.8) is 0 Å². The summed E-state index contributed by atoms with van der Waals surface area (Å²) in [6.45, 7) is 7.33. The first-order valence-electron chi connectivity index (χ1n) is 5.55. The van der Waals surface area contributed by atoms with Crippen LogP contribution >= 0.6 is 0 Å². The van der Waals surface area contributed by atoms with Crippen LogP contribution in [0.5, 0.6) is 0 Å². The lowest BCUT2D eigenvalue weighted by molar-refractivity contribution is -0.112. The number of carbonyl (C=O) groups excluding carboxylic acids is 1. The summed E-state index contributed by atoms with van der Waals surface area (Å²) in [6, 6.07) is 5.73. The van der Waals surface area contributed by atoms with Crippen LogP contribution in [0.3, 0.4) is 0 Å². The number of nitrogens with one attached hydrogen (secondary N) is 2. The van der Waals surface area contributed by atoms with Crippen LogP contribution in [0.25, 0.3) is 5.57 Å². The summed E-state index contributed by atoms with van der Waals surface area (Å²) in [6.07, 6.45) is 0. The zero-order valence-corrected chi connectivity index (χ0v) is 10.3. The lowest BCUT2D eigenvalue weighted by Crippen LogP contribution is -2.20. The monoisotopic (exact) mass is 233 g/mol. The van der Waals surface area contributed by atoms with Gasteiger partial charge in [-0.2, -0.15) is 0 Å². The molecule has 0 radical (unpaired) electrons. The summed E-state index contributed by atoms with van der Waals surface area (Å²) in [5.74, 6) is -0.493. The first kappa shape index (κ1) is 13.3. The molecule has 0 spiro atoms.